The van der Waals surface area contributed by atoms with Crippen LogP contribution in [0.25, 0.3) is 22.4 Å². The van der Waals surface area contributed by atoms with Crippen LogP contribution in [-0.2, 0) is 13.0 Å². The van der Waals surface area contributed by atoms with Gasteiger partial charge in [-0.25, -0.2) is 4.98 Å². The average molecular weight is 330 g/mol. The van der Waals surface area contributed by atoms with E-state index in [0.29, 0.717) is 0 Å². The minimum atomic E-state index is 0.858. The van der Waals surface area contributed by atoms with E-state index in [9.17, 15) is 0 Å². The largest absolute Gasteiger partial charge is 0.354 e. The third kappa shape index (κ3) is 2.46. The van der Waals surface area contributed by atoms with Crippen LogP contribution in [0.4, 0.5) is 5.82 Å². The first-order valence-electron chi connectivity index (χ1n) is 8.55. The second kappa shape index (κ2) is 5.73. The van der Waals surface area contributed by atoms with Crippen molar-refractivity contribution in [1.82, 2.24) is 24.7 Å². The Hall–Kier alpha value is -3.15. The molecule has 0 bridgehead atoms. The van der Waals surface area contributed by atoms with Gasteiger partial charge >= 0.3 is 0 Å². The lowest BCUT2D eigenvalue weighted by Crippen LogP contribution is -2.27. The number of hydrogen-bond donors (Lipinski definition) is 1. The van der Waals surface area contributed by atoms with Gasteiger partial charge in [-0.2, -0.15) is 0 Å². The molecule has 1 aliphatic heterocycles. The molecule has 0 spiro atoms. The topological polar surface area (TPSA) is 62.6 Å². The van der Waals surface area contributed by atoms with Crippen LogP contribution in [0.3, 0.4) is 0 Å². The van der Waals surface area contributed by atoms with Crippen molar-refractivity contribution in [1.29, 1.82) is 0 Å². The number of aromatic nitrogens is 5. The Balaban J connectivity index is 1.44. The van der Waals surface area contributed by atoms with Crippen LogP contribution in [0.1, 0.15) is 5.82 Å². The maximum absolute atomic E-state index is 4.75. The van der Waals surface area contributed by atoms with Gasteiger partial charge in [-0.05, 0) is 18.2 Å². The van der Waals surface area contributed by atoms with E-state index in [-0.39, 0.29) is 0 Å². The first kappa shape index (κ1) is 14.2. The average Bonchev–Trinajstić information content (AvgIpc) is 3.24. The molecule has 25 heavy (non-hydrogen) atoms. The molecule has 0 atom stereocenters. The van der Waals surface area contributed by atoms with Crippen molar-refractivity contribution in [2.75, 3.05) is 18.0 Å². The van der Waals surface area contributed by atoms with E-state index in [0.717, 1.165) is 60.1 Å². The summed E-state index contributed by atoms with van der Waals surface area (Å²) in [7, 11) is 0. The summed E-state index contributed by atoms with van der Waals surface area (Å²) in [5, 5.41) is 9.98. The zero-order valence-corrected chi connectivity index (χ0v) is 13.8. The first-order valence-corrected chi connectivity index (χ1v) is 8.55. The standard InChI is InChI=1S/C19H18N6/c1-2-4-15(5-3-1)19-23-22-17-9-11-24(12-13-25(17)19)16-7-6-14-8-10-20-18(14)21-16/h1-8,10H,9,11-13H2,(H,20,21). The Kier molecular flexibility index (Phi) is 3.26. The first-order chi connectivity index (χ1) is 12.4. The highest BCUT2D eigenvalue weighted by atomic mass is 15.3. The maximum Gasteiger partial charge on any atom is 0.164 e. The van der Waals surface area contributed by atoms with Crippen molar-refractivity contribution in [3.63, 3.8) is 0 Å². The summed E-state index contributed by atoms with van der Waals surface area (Å²) in [6, 6.07) is 16.5. The monoisotopic (exact) mass is 330 g/mol. The minimum Gasteiger partial charge on any atom is -0.354 e. The number of rotatable bonds is 2. The van der Waals surface area contributed by atoms with Crippen LogP contribution >= 0.6 is 0 Å². The number of hydrogen-bond acceptors (Lipinski definition) is 4. The number of nitrogens with one attached hydrogen (secondary N) is 1. The van der Waals surface area contributed by atoms with Crippen LogP contribution in [0.5, 0.6) is 0 Å². The summed E-state index contributed by atoms with van der Waals surface area (Å²) in [6.45, 7) is 2.65. The van der Waals surface area contributed by atoms with Gasteiger partial charge in [0.2, 0.25) is 0 Å². The molecule has 0 radical (unpaired) electrons. The Morgan fingerprint density at radius 3 is 2.72 bits per heavy atom. The predicted octanol–water partition coefficient (Wildman–Crippen LogP) is 2.88. The maximum atomic E-state index is 4.75. The molecule has 0 saturated heterocycles. The molecule has 4 aromatic rings. The van der Waals surface area contributed by atoms with Gasteiger partial charge in [0.1, 0.15) is 17.3 Å². The van der Waals surface area contributed by atoms with Crippen molar-refractivity contribution < 1.29 is 0 Å². The predicted molar refractivity (Wildman–Crippen MR) is 97.5 cm³/mol. The summed E-state index contributed by atoms with van der Waals surface area (Å²) in [5.41, 5.74) is 2.05. The lowest BCUT2D eigenvalue weighted by molar-refractivity contribution is 0.689. The number of fused-ring (bicyclic) bond motifs is 2. The van der Waals surface area contributed by atoms with Crippen molar-refractivity contribution in [2.24, 2.45) is 0 Å². The summed E-state index contributed by atoms with van der Waals surface area (Å²) in [6.07, 6.45) is 2.79. The lowest BCUT2D eigenvalue weighted by atomic mass is 10.2. The van der Waals surface area contributed by atoms with Crippen molar-refractivity contribution in [3.05, 3.63) is 60.6 Å². The Morgan fingerprint density at radius 1 is 0.880 bits per heavy atom. The molecule has 1 aromatic carbocycles. The van der Waals surface area contributed by atoms with Gasteiger partial charge in [0.05, 0.1) is 0 Å². The SMILES string of the molecule is c1ccc(-c2nnc3n2CCN(c2ccc4cc[nH]c4n2)CC3)cc1. The second-order valence-corrected chi connectivity index (χ2v) is 6.28. The molecule has 6 heteroatoms. The minimum absolute atomic E-state index is 0.858. The highest BCUT2D eigenvalue weighted by molar-refractivity contribution is 5.77. The van der Waals surface area contributed by atoms with Crippen molar-refractivity contribution in [2.45, 2.75) is 13.0 Å². The lowest BCUT2D eigenvalue weighted by Gasteiger charge is -2.21. The van der Waals surface area contributed by atoms with Gasteiger partial charge in [0.25, 0.3) is 0 Å². The van der Waals surface area contributed by atoms with Crippen LogP contribution in [-0.4, -0.2) is 37.8 Å². The van der Waals surface area contributed by atoms with Gasteiger partial charge in [-0.15, -0.1) is 10.2 Å². The number of anilines is 1. The molecule has 1 aliphatic rings. The summed E-state index contributed by atoms with van der Waals surface area (Å²) < 4.78 is 2.24. The normalized spacial score (nSPS) is 14.5. The van der Waals surface area contributed by atoms with Crippen LogP contribution in [0.2, 0.25) is 0 Å². The van der Waals surface area contributed by atoms with Crippen LogP contribution in [0, 0.1) is 0 Å². The third-order valence-electron chi connectivity index (χ3n) is 4.78. The van der Waals surface area contributed by atoms with Gasteiger partial charge in [-0.3, -0.25) is 0 Å². The highest BCUT2D eigenvalue weighted by Crippen LogP contribution is 2.23. The quantitative estimate of drug-likeness (QED) is 0.614. The molecule has 0 saturated carbocycles. The van der Waals surface area contributed by atoms with Gasteiger partial charge < -0.3 is 14.5 Å². The molecule has 0 unspecified atom stereocenters. The number of aromatic amines is 1. The van der Waals surface area contributed by atoms with E-state index in [2.05, 4.69) is 48.9 Å². The van der Waals surface area contributed by atoms with Gasteiger partial charge in [-0.1, -0.05) is 30.3 Å². The number of nitrogens with zero attached hydrogens (tertiary/aromatic N) is 5. The third-order valence-corrected chi connectivity index (χ3v) is 4.78. The fourth-order valence-electron chi connectivity index (χ4n) is 3.45. The van der Waals surface area contributed by atoms with E-state index in [1.165, 1.54) is 0 Å². The Labute approximate surface area is 145 Å². The zero-order chi connectivity index (χ0) is 16.6. The highest BCUT2D eigenvalue weighted by Gasteiger charge is 2.20. The van der Waals surface area contributed by atoms with Crippen molar-refractivity contribution >= 4 is 16.9 Å². The fourth-order valence-corrected chi connectivity index (χ4v) is 3.45. The summed E-state index contributed by atoms with van der Waals surface area (Å²) in [5.74, 6) is 3.00. The molecule has 0 aliphatic carbocycles. The van der Waals surface area contributed by atoms with E-state index in [4.69, 9.17) is 4.98 Å². The van der Waals surface area contributed by atoms with E-state index >= 15 is 0 Å². The van der Waals surface area contributed by atoms with Gasteiger partial charge in [0.15, 0.2) is 5.82 Å². The molecule has 6 nitrogen and oxygen atoms in total. The number of pyridine rings is 1. The fraction of sp³-hybridized carbons (Fsp3) is 0.211. The van der Waals surface area contributed by atoms with E-state index in [1.54, 1.807) is 0 Å². The van der Waals surface area contributed by atoms with Crippen LogP contribution < -0.4 is 4.90 Å². The Morgan fingerprint density at radius 2 is 1.80 bits per heavy atom. The second-order valence-electron chi connectivity index (χ2n) is 6.28. The van der Waals surface area contributed by atoms with E-state index < -0.39 is 0 Å². The molecular formula is C19H18N6. The molecular weight excluding hydrogens is 312 g/mol. The van der Waals surface area contributed by atoms with Crippen molar-refractivity contribution in [3.8, 4) is 11.4 Å². The molecule has 4 heterocycles. The molecule has 124 valence electrons. The Bertz CT molecular complexity index is 1020. The molecule has 0 fully saturated rings. The van der Waals surface area contributed by atoms with E-state index in [1.807, 2.05) is 30.5 Å². The summed E-state index contributed by atoms with van der Waals surface area (Å²) in [4.78, 5) is 10.3. The molecule has 3 aromatic heterocycles. The molecule has 1 N–H and O–H groups in total. The zero-order valence-electron chi connectivity index (χ0n) is 13.8. The number of benzene rings is 1. The smallest absolute Gasteiger partial charge is 0.164 e. The molecule has 5 rings (SSSR count). The number of H-pyrrole nitrogens is 1. The van der Waals surface area contributed by atoms with Gasteiger partial charge in [0, 0.05) is 43.2 Å². The summed E-state index contributed by atoms with van der Waals surface area (Å²) >= 11 is 0. The molecule has 0 amide bonds. The van der Waals surface area contributed by atoms with Crippen LogP contribution in [0.15, 0.2) is 54.7 Å².